The van der Waals surface area contributed by atoms with E-state index in [1.54, 1.807) is 0 Å². The zero-order valence-electron chi connectivity index (χ0n) is 6.52. The summed E-state index contributed by atoms with van der Waals surface area (Å²) in [6.45, 7) is 5.80. The van der Waals surface area contributed by atoms with Crippen LogP contribution in [0.2, 0.25) is 0 Å². The summed E-state index contributed by atoms with van der Waals surface area (Å²) in [5.41, 5.74) is 5.43. The van der Waals surface area contributed by atoms with Gasteiger partial charge in [0, 0.05) is 5.54 Å². The molecule has 0 amide bonds. The van der Waals surface area contributed by atoms with Crippen molar-refractivity contribution in [3.05, 3.63) is 0 Å². The minimum atomic E-state index is -0.231. The summed E-state index contributed by atoms with van der Waals surface area (Å²) in [6.07, 6.45) is 1.24. The summed E-state index contributed by atoms with van der Waals surface area (Å²) in [5, 5.41) is 9.11. The highest BCUT2D eigenvalue weighted by Crippen LogP contribution is 2.09. The van der Waals surface area contributed by atoms with Crippen LogP contribution in [0.5, 0.6) is 0 Å². The van der Waals surface area contributed by atoms with Crippen LogP contribution in [-0.2, 0) is 0 Å². The van der Waals surface area contributed by atoms with Gasteiger partial charge >= 0.3 is 0 Å². The second-order valence-electron chi connectivity index (χ2n) is 3.25. The van der Waals surface area contributed by atoms with Crippen LogP contribution < -0.4 is 5.73 Å². The zero-order chi connectivity index (χ0) is 7.49. The molecule has 0 aliphatic rings. The van der Waals surface area contributed by atoms with Crippen molar-refractivity contribution in [2.24, 2.45) is 5.73 Å². The molecule has 0 radical (unpaired) electrons. The summed E-state index contributed by atoms with van der Waals surface area (Å²) < 4.78 is 0. The molecule has 56 valence electrons. The third-order valence-electron chi connectivity index (χ3n) is 1.23. The number of hydrogen-bond acceptors (Lipinski definition) is 2. The van der Waals surface area contributed by atoms with E-state index < -0.39 is 0 Å². The SMILES string of the molecule is CC[C@H](O)CC(C)(C)N. The summed E-state index contributed by atoms with van der Waals surface area (Å²) in [4.78, 5) is 0. The lowest BCUT2D eigenvalue weighted by Crippen LogP contribution is -2.35. The first-order valence-corrected chi connectivity index (χ1v) is 3.42. The van der Waals surface area contributed by atoms with Crippen molar-refractivity contribution < 1.29 is 5.11 Å². The first kappa shape index (κ1) is 8.92. The van der Waals surface area contributed by atoms with Crippen molar-refractivity contribution in [1.82, 2.24) is 0 Å². The fourth-order valence-electron chi connectivity index (χ4n) is 0.752. The minimum absolute atomic E-state index is 0.227. The standard InChI is InChI=1S/C7H17NO/c1-4-6(9)5-7(2,3)8/h6,9H,4-5,8H2,1-3H3/t6-/m0/s1. The highest BCUT2D eigenvalue weighted by Gasteiger charge is 2.14. The molecule has 0 bridgehead atoms. The van der Waals surface area contributed by atoms with Crippen molar-refractivity contribution in [2.75, 3.05) is 0 Å². The van der Waals surface area contributed by atoms with E-state index >= 15 is 0 Å². The zero-order valence-corrected chi connectivity index (χ0v) is 6.52. The second kappa shape index (κ2) is 3.18. The van der Waals surface area contributed by atoms with E-state index in [1.165, 1.54) is 0 Å². The van der Waals surface area contributed by atoms with Crippen LogP contribution in [0.15, 0.2) is 0 Å². The van der Waals surface area contributed by atoms with Crippen molar-refractivity contribution in [2.45, 2.75) is 45.3 Å². The molecule has 0 saturated heterocycles. The summed E-state index contributed by atoms with van der Waals surface area (Å²) >= 11 is 0. The predicted octanol–water partition coefficient (Wildman–Crippen LogP) is 0.885. The van der Waals surface area contributed by atoms with E-state index in [0.717, 1.165) is 6.42 Å². The highest BCUT2D eigenvalue weighted by molar-refractivity contribution is 4.74. The molecule has 9 heavy (non-hydrogen) atoms. The maximum absolute atomic E-state index is 9.11. The second-order valence-corrected chi connectivity index (χ2v) is 3.25. The predicted molar refractivity (Wildman–Crippen MR) is 39.2 cm³/mol. The van der Waals surface area contributed by atoms with Crippen LogP contribution in [0.25, 0.3) is 0 Å². The minimum Gasteiger partial charge on any atom is -0.393 e. The first-order chi connectivity index (χ1) is 3.95. The van der Waals surface area contributed by atoms with E-state index in [-0.39, 0.29) is 11.6 Å². The Morgan fingerprint density at radius 3 is 2.11 bits per heavy atom. The molecule has 0 aromatic heterocycles. The van der Waals surface area contributed by atoms with Gasteiger partial charge in [-0.05, 0) is 26.7 Å². The van der Waals surface area contributed by atoms with Gasteiger partial charge in [-0.15, -0.1) is 0 Å². The third kappa shape index (κ3) is 5.80. The number of hydrogen-bond donors (Lipinski definition) is 2. The number of nitrogens with two attached hydrogens (primary N) is 1. The van der Waals surface area contributed by atoms with Crippen LogP contribution in [0.4, 0.5) is 0 Å². The van der Waals surface area contributed by atoms with Gasteiger partial charge < -0.3 is 10.8 Å². The highest BCUT2D eigenvalue weighted by atomic mass is 16.3. The van der Waals surface area contributed by atoms with Crippen LogP contribution in [0, 0.1) is 0 Å². The topological polar surface area (TPSA) is 46.2 Å². The van der Waals surface area contributed by atoms with Crippen molar-refractivity contribution in [3.8, 4) is 0 Å². The Morgan fingerprint density at radius 2 is 2.00 bits per heavy atom. The van der Waals surface area contributed by atoms with Gasteiger partial charge in [-0.2, -0.15) is 0 Å². The number of aliphatic hydroxyl groups excluding tert-OH is 1. The molecule has 0 heterocycles. The molecule has 0 unspecified atom stereocenters. The van der Waals surface area contributed by atoms with Crippen LogP contribution in [0.1, 0.15) is 33.6 Å². The number of aliphatic hydroxyl groups is 1. The molecule has 0 saturated carbocycles. The molecule has 0 aliphatic heterocycles. The quantitative estimate of drug-likeness (QED) is 0.597. The van der Waals surface area contributed by atoms with E-state index in [2.05, 4.69) is 0 Å². The fraction of sp³-hybridized carbons (Fsp3) is 1.00. The molecule has 0 aromatic carbocycles. The molecule has 0 aliphatic carbocycles. The van der Waals surface area contributed by atoms with Crippen LogP contribution >= 0.6 is 0 Å². The number of rotatable bonds is 3. The molecular weight excluding hydrogens is 114 g/mol. The van der Waals surface area contributed by atoms with E-state index in [0.29, 0.717) is 6.42 Å². The van der Waals surface area contributed by atoms with Crippen LogP contribution in [0.3, 0.4) is 0 Å². The van der Waals surface area contributed by atoms with Gasteiger partial charge in [0.1, 0.15) is 0 Å². The lowest BCUT2D eigenvalue weighted by Gasteiger charge is -2.21. The normalized spacial score (nSPS) is 15.7. The molecule has 0 spiro atoms. The average Bonchev–Trinajstić information content (AvgIpc) is 1.62. The lowest BCUT2D eigenvalue weighted by molar-refractivity contribution is 0.136. The largest absolute Gasteiger partial charge is 0.393 e. The molecule has 2 nitrogen and oxygen atoms in total. The maximum atomic E-state index is 9.11. The molecular formula is C7H17NO. The van der Waals surface area contributed by atoms with Crippen molar-refractivity contribution in [3.63, 3.8) is 0 Å². The van der Waals surface area contributed by atoms with Gasteiger partial charge in [-0.3, -0.25) is 0 Å². The smallest absolute Gasteiger partial charge is 0.0554 e. The van der Waals surface area contributed by atoms with Crippen LogP contribution in [-0.4, -0.2) is 16.7 Å². The lowest BCUT2D eigenvalue weighted by atomic mass is 9.97. The van der Waals surface area contributed by atoms with Crippen molar-refractivity contribution >= 4 is 0 Å². The Kier molecular flexibility index (Phi) is 3.15. The Hall–Kier alpha value is -0.0800. The van der Waals surface area contributed by atoms with E-state index in [4.69, 9.17) is 10.8 Å². The molecule has 0 aromatic rings. The fourth-order valence-corrected chi connectivity index (χ4v) is 0.752. The molecule has 0 rings (SSSR count). The van der Waals surface area contributed by atoms with Gasteiger partial charge in [0.05, 0.1) is 6.10 Å². The van der Waals surface area contributed by atoms with Gasteiger partial charge in [0.25, 0.3) is 0 Å². The third-order valence-corrected chi connectivity index (χ3v) is 1.23. The van der Waals surface area contributed by atoms with E-state index in [9.17, 15) is 0 Å². The molecule has 3 N–H and O–H groups in total. The Balaban J connectivity index is 3.47. The van der Waals surface area contributed by atoms with Gasteiger partial charge in [0.15, 0.2) is 0 Å². The van der Waals surface area contributed by atoms with Gasteiger partial charge in [0.2, 0.25) is 0 Å². The first-order valence-electron chi connectivity index (χ1n) is 3.42. The molecule has 2 heteroatoms. The Morgan fingerprint density at radius 1 is 1.56 bits per heavy atom. The monoisotopic (exact) mass is 131 g/mol. The molecule has 0 fully saturated rings. The van der Waals surface area contributed by atoms with Crippen molar-refractivity contribution in [1.29, 1.82) is 0 Å². The maximum Gasteiger partial charge on any atom is 0.0554 e. The summed E-state index contributed by atoms with van der Waals surface area (Å²) in [6, 6.07) is 0. The summed E-state index contributed by atoms with van der Waals surface area (Å²) in [7, 11) is 0. The van der Waals surface area contributed by atoms with Gasteiger partial charge in [-0.1, -0.05) is 6.92 Å². The van der Waals surface area contributed by atoms with E-state index in [1.807, 2.05) is 20.8 Å². The molecule has 1 atom stereocenters. The Bertz CT molecular complexity index is 75.5. The summed E-state index contributed by atoms with van der Waals surface area (Å²) in [5.74, 6) is 0. The average molecular weight is 131 g/mol. The Labute approximate surface area is 57.1 Å². The van der Waals surface area contributed by atoms with Gasteiger partial charge in [-0.25, -0.2) is 0 Å².